The standard InChI is InChI=1S/C15H36N2O6Si/c1-6-21-24(22-7-2,13-9-12-17)23-14(10-8-11-16)15(18-3,19-4)20-5/h14H,6-13,16-17H2,1-5H3. The third kappa shape index (κ3) is 7.02. The van der Waals surface area contributed by atoms with E-state index in [1.165, 1.54) is 21.3 Å². The number of ether oxygens (including phenoxy) is 3. The largest absolute Gasteiger partial charge is 0.501 e. The third-order valence-electron chi connectivity index (χ3n) is 3.66. The van der Waals surface area contributed by atoms with Gasteiger partial charge in [0.2, 0.25) is 0 Å². The Balaban J connectivity index is 5.52. The first-order valence-corrected chi connectivity index (χ1v) is 10.5. The molecule has 0 saturated heterocycles. The van der Waals surface area contributed by atoms with E-state index in [4.69, 9.17) is 39.0 Å². The van der Waals surface area contributed by atoms with Crippen molar-refractivity contribution >= 4 is 8.80 Å². The number of nitrogens with two attached hydrogens (primary N) is 2. The second-order valence-corrected chi connectivity index (χ2v) is 7.87. The van der Waals surface area contributed by atoms with Gasteiger partial charge in [-0.2, -0.15) is 0 Å². The van der Waals surface area contributed by atoms with Crippen LogP contribution in [-0.4, -0.2) is 68.5 Å². The van der Waals surface area contributed by atoms with E-state index in [9.17, 15) is 0 Å². The fraction of sp³-hybridized carbons (Fsp3) is 1.00. The quantitative estimate of drug-likeness (QED) is 0.308. The van der Waals surface area contributed by atoms with Gasteiger partial charge in [-0.25, -0.2) is 0 Å². The van der Waals surface area contributed by atoms with E-state index in [1.807, 2.05) is 13.8 Å². The molecule has 9 heteroatoms. The van der Waals surface area contributed by atoms with Crippen molar-refractivity contribution < 1.29 is 27.5 Å². The monoisotopic (exact) mass is 368 g/mol. The van der Waals surface area contributed by atoms with Crippen LogP contribution in [0.5, 0.6) is 0 Å². The Bertz CT molecular complexity index is 293. The Labute approximate surface area is 147 Å². The van der Waals surface area contributed by atoms with Crippen molar-refractivity contribution in [3.8, 4) is 0 Å². The third-order valence-corrected chi connectivity index (χ3v) is 6.72. The van der Waals surface area contributed by atoms with E-state index in [1.54, 1.807) is 0 Å². The molecule has 146 valence electrons. The molecule has 1 atom stereocenters. The zero-order valence-electron chi connectivity index (χ0n) is 15.8. The lowest BCUT2D eigenvalue weighted by atomic mass is 10.1. The Morgan fingerprint density at radius 3 is 1.75 bits per heavy atom. The maximum Gasteiger partial charge on any atom is 0.501 e. The summed E-state index contributed by atoms with van der Waals surface area (Å²) in [4.78, 5) is 0. The average Bonchev–Trinajstić information content (AvgIpc) is 2.60. The van der Waals surface area contributed by atoms with Crippen molar-refractivity contribution in [1.82, 2.24) is 0 Å². The van der Waals surface area contributed by atoms with Crippen LogP contribution < -0.4 is 11.5 Å². The Morgan fingerprint density at radius 2 is 1.38 bits per heavy atom. The lowest BCUT2D eigenvalue weighted by Gasteiger charge is -2.40. The van der Waals surface area contributed by atoms with Crippen LogP contribution in [-0.2, 0) is 27.5 Å². The summed E-state index contributed by atoms with van der Waals surface area (Å²) in [6, 6.07) is 0.623. The molecule has 4 N–H and O–H groups in total. The van der Waals surface area contributed by atoms with Gasteiger partial charge in [0.1, 0.15) is 6.10 Å². The average molecular weight is 369 g/mol. The Morgan fingerprint density at radius 1 is 0.875 bits per heavy atom. The molecule has 0 heterocycles. The second-order valence-electron chi connectivity index (χ2n) is 5.19. The van der Waals surface area contributed by atoms with Crippen LogP contribution in [0.3, 0.4) is 0 Å². The molecule has 0 aliphatic heterocycles. The molecule has 0 radical (unpaired) electrons. The first kappa shape index (κ1) is 23.9. The minimum atomic E-state index is -2.95. The zero-order chi connectivity index (χ0) is 18.5. The van der Waals surface area contributed by atoms with Crippen LogP contribution in [0.4, 0.5) is 0 Å². The highest BCUT2D eigenvalue weighted by Crippen LogP contribution is 2.30. The summed E-state index contributed by atoms with van der Waals surface area (Å²) in [5, 5.41) is 0. The summed E-state index contributed by atoms with van der Waals surface area (Å²) in [6.07, 6.45) is 1.52. The van der Waals surface area contributed by atoms with Gasteiger partial charge in [0.25, 0.3) is 0 Å². The summed E-state index contributed by atoms with van der Waals surface area (Å²) in [7, 11) is 1.58. The van der Waals surface area contributed by atoms with Gasteiger partial charge in [0.05, 0.1) is 0 Å². The smallest absolute Gasteiger partial charge is 0.374 e. The van der Waals surface area contributed by atoms with Crippen molar-refractivity contribution in [3.05, 3.63) is 0 Å². The van der Waals surface area contributed by atoms with Gasteiger partial charge in [-0.15, -0.1) is 0 Å². The number of hydrogen-bond donors (Lipinski definition) is 2. The van der Waals surface area contributed by atoms with Gasteiger partial charge in [-0.3, -0.25) is 0 Å². The maximum atomic E-state index is 6.37. The number of hydrogen-bond acceptors (Lipinski definition) is 8. The van der Waals surface area contributed by atoms with Gasteiger partial charge in [-0.05, 0) is 46.2 Å². The molecule has 24 heavy (non-hydrogen) atoms. The Hall–Kier alpha value is -0.103. The molecule has 0 aliphatic carbocycles. The van der Waals surface area contributed by atoms with Gasteiger partial charge < -0.3 is 39.0 Å². The van der Waals surface area contributed by atoms with E-state index < -0.39 is 20.9 Å². The van der Waals surface area contributed by atoms with E-state index in [0.29, 0.717) is 38.8 Å². The summed E-state index contributed by atoms with van der Waals surface area (Å²) in [6.45, 7) is 5.86. The molecule has 8 nitrogen and oxygen atoms in total. The second kappa shape index (κ2) is 13.1. The summed E-state index contributed by atoms with van der Waals surface area (Å²) >= 11 is 0. The van der Waals surface area contributed by atoms with E-state index in [2.05, 4.69) is 0 Å². The lowest BCUT2D eigenvalue weighted by Crippen LogP contribution is -2.57. The molecular formula is C15H36N2O6Si. The maximum absolute atomic E-state index is 6.37. The number of methoxy groups -OCH3 is 3. The highest BCUT2D eigenvalue weighted by Gasteiger charge is 2.50. The van der Waals surface area contributed by atoms with Crippen LogP contribution >= 0.6 is 0 Å². The van der Waals surface area contributed by atoms with Gasteiger partial charge >= 0.3 is 14.8 Å². The highest BCUT2D eigenvalue weighted by molar-refractivity contribution is 6.60. The van der Waals surface area contributed by atoms with Crippen molar-refractivity contribution in [2.45, 2.75) is 51.2 Å². The minimum absolute atomic E-state index is 0.486. The predicted molar refractivity (Wildman–Crippen MR) is 94.4 cm³/mol. The first-order chi connectivity index (χ1) is 11.5. The minimum Gasteiger partial charge on any atom is -0.374 e. The molecule has 1 unspecified atom stereocenters. The molecule has 0 aromatic rings. The van der Waals surface area contributed by atoms with Crippen molar-refractivity contribution in [3.63, 3.8) is 0 Å². The molecule has 0 rings (SSSR count). The SMILES string of the molecule is CCO[Si](CCCN)(OCC)OC(CCCN)C(OC)(OC)OC. The predicted octanol–water partition coefficient (Wildman–Crippen LogP) is 1.06. The lowest BCUT2D eigenvalue weighted by molar-refractivity contribution is -0.388. The van der Waals surface area contributed by atoms with Gasteiger partial charge in [-0.1, -0.05) is 0 Å². The first-order valence-electron chi connectivity index (χ1n) is 8.54. The summed E-state index contributed by atoms with van der Waals surface area (Å²) < 4.78 is 34.7. The highest BCUT2D eigenvalue weighted by atomic mass is 28.4. The molecule has 0 aromatic carbocycles. The van der Waals surface area contributed by atoms with E-state index >= 15 is 0 Å². The van der Waals surface area contributed by atoms with Crippen molar-refractivity contribution in [1.29, 1.82) is 0 Å². The molecule has 0 aliphatic rings. The Kier molecular flexibility index (Phi) is 13.1. The summed E-state index contributed by atoms with van der Waals surface area (Å²) in [5.74, 6) is -1.34. The van der Waals surface area contributed by atoms with Crippen LogP contribution in [0.15, 0.2) is 0 Å². The molecular weight excluding hydrogens is 332 g/mol. The van der Waals surface area contributed by atoms with Crippen LogP contribution in [0.2, 0.25) is 6.04 Å². The van der Waals surface area contributed by atoms with Gasteiger partial charge in [0.15, 0.2) is 0 Å². The van der Waals surface area contributed by atoms with Crippen LogP contribution in [0.25, 0.3) is 0 Å². The van der Waals surface area contributed by atoms with Crippen molar-refractivity contribution in [2.24, 2.45) is 11.5 Å². The van der Waals surface area contributed by atoms with E-state index in [0.717, 1.165) is 12.8 Å². The van der Waals surface area contributed by atoms with Crippen molar-refractivity contribution in [2.75, 3.05) is 47.6 Å². The van der Waals surface area contributed by atoms with Crippen LogP contribution in [0.1, 0.15) is 33.1 Å². The molecule has 0 spiro atoms. The topological polar surface area (TPSA) is 107 Å². The molecule has 0 saturated carbocycles. The molecule has 0 bridgehead atoms. The fourth-order valence-corrected chi connectivity index (χ4v) is 5.38. The number of rotatable bonds is 16. The fourth-order valence-electron chi connectivity index (χ4n) is 2.54. The molecule has 0 amide bonds. The van der Waals surface area contributed by atoms with Crippen LogP contribution in [0, 0.1) is 0 Å². The molecule has 0 aromatic heterocycles. The normalized spacial score (nSPS) is 14.1. The molecule has 0 fully saturated rings. The summed E-state index contributed by atoms with van der Waals surface area (Å²) in [5.41, 5.74) is 11.3. The van der Waals surface area contributed by atoms with Gasteiger partial charge in [0, 0.05) is 40.6 Å². The van der Waals surface area contributed by atoms with E-state index in [-0.39, 0.29) is 0 Å². The zero-order valence-corrected chi connectivity index (χ0v) is 16.8.